The normalized spacial score (nSPS) is 11.4. The van der Waals surface area contributed by atoms with Crippen LogP contribution in [0.3, 0.4) is 0 Å². The molecule has 0 unspecified atom stereocenters. The van der Waals surface area contributed by atoms with Gasteiger partial charge in [0.05, 0.1) is 6.61 Å². The molecule has 0 saturated heterocycles. The van der Waals surface area contributed by atoms with Crippen LogP contribution >= 0.6 is 11.3 Å². The summed E-state index contributed by atoms with van der Waals surface area (Å²) in [6.45, 7) is 4.19. The molecule has 0 aliphatic heterocycles. The van der Waals surface area contributed by atoms with E-state index in [1.807, 2.05) is 17.7 Å². The molecule has 0 atom stereocenters. The molecule has 2 heterocycles. The quantitative estimate of drug-likeness (QED) is 0.886. The topological polar surface area (TPSA) is 38.0 Å². The number of aromatic nitrogens is 2. The number of aliphatic hydroxyl groups excluding tert-OH is 1. The van der Waals surface area contributed by atoms with Gasteiger partial charge in [0.25, 0.3) is 0 Å². The van der Waals surface area contributed by atoms with Crippen molar-refractivity contribution in [1.82, 2.24) is 9.55 Å². The molecule has 0 aliphatic carbocycles. The molecule has 2 aromatic rings. The molecule has 0 fully saturated rings. The van der Waals surface area contributed by atoms with Crippen LogP contribution in [-0.4, -0.2) is 21.3 Å². The lowest BCUT2D eigenvalue weighted by molar-refractivity contribution is 0.343. The first-order valence-corrected chi connectivity index (χ1v) is 5.98. The third-order valence-corrected chi connectivity index (χ3v) is 3.24. The maximum Gasteiger partial charge on any atom is 0.193 e. The number of nitrogens with zero attached hydrogens (tertiary/aromatic N) is 2. The number of hydrogen-bond acceptors (Lipinski definition) is 3. The van der Waals surface area contributed by atoms with Gasteiger partial charge in [0.1, 0.15) is 0 Å². The van der Waals surface area contributed by atoms with Crippen LogP contribution in [0.25, 0.3) is 11.2 Å². The third-order valence-electron chi connectivity index (χ3n) is 2.48. The molecule has 2 aromatic heterocycles. The lowest BCUT2D eigenvalue weighted by atomic mass is 10.2. The van der Waals surface area contributed by atoms with Crippen LogP contribution in [0, 0.1) is 13.8 Å². The highest BCUT2D eigenvalue weighted by Crippen LogP contribution is 2.22. The summed E-state index contributed by atoms with van der Waals surface area (Å²) in [6.07, 6.45) is 5.49. The second-order valence-electron chi connectivity index (χ2n) is 3.56. The van der Waals surface area contributed by atoms with Crippen molar-refractivity contribution >= 4 is 17.4 Å². The molecular formula is C12H14N2OS. The van der Waals surface area contributed by atoms with Crippen LogP contribution in [0.5, 0.6) is 0 Å². The maximum absolute atomic E-state index is 8.77. The molecule has 0 bridgehead atoms. The number of aryl methyl sites for hydroxylation is 1. The van der Waals surface area contributed by atoms with Gasteiger partial charge in [-0.2, -0.15) is 0 Å². The lowest BCUT2D eigenvalue weighted by Crippen LogP contribution is -1.97. The zero-order chi connectivity index (χ0) is 11.5. The van der Waals surface area contributed by atoms with Gasteiger partial charge in [0, 0.05) is 23.0 Å². The summed E-state index contributed by atoms with van der Waals surface area (Å²) in [6, 6.07) is 2.10. The Morgan fingerprint density at radius 1 is 1.50 bits per heavy atom. The van der Waals surface area contributed by atoms with Crippen molar-refractivity contribution in [2.45, 2.75) is 13.8 Å². The van der Waals surface area contributed by atoms with Crippen molar-refractivity contribution in [3.05, 3.63) is 40.7 Å². The van der Waals surface area contributed by atoms with Crippen molar-refractivity contribution in [3.8, 4) is 5.13 Å². The first kappa shape index (κ1) is 11.1. The van der Waals surface area contributed by atoms with Gasteiger partial charge in [-0.05, 0) is 25.5 Å². The molecule has 1 N–H and O–H groups in total. The zero-order valence-corrected chi connectivity index (χ0v) is 10.2. The fourth-order valence-corrected chi connectivity index (χ4v) is 2.51. The highest BCUT2D eigenvalue weighted by molar-refractivity contribution is 7.12. The number of hydrogen-bond donors (Lipinski definition) is 1. The zero-order valence-electron chi connectivity index (χ0n) is 9.34. The van der Waals surface area contributed by atoms with Gasteiger partial charge < -0.3 is 5.11 Å². The van der Waals surface area contributed by atoms with E-state index in [1.165, 1.54) is 0 Å². The number of thiazole rings is 1. The Hall–Kier alpha value is -1.39. The van der Waals surface area contributed by atoms with Gasteiger partial charge in [-0.3, -0.25) is 4.57 Å². The Morgan fingerprint density at radius 3 is 2.94 bits per heavy atom. The highest BCUT2D eigenvalue weighted by Gasteiger charge is 2.09. The highest BCUT2D eigenvalue weighted by atomic mass is 32.1. The van der Waals surface area contributed by atoms with Crippen LogP contribution in [0.2, 0.25) is 0 Å². The molecule has 16 heavy (non-hydrogen) atoms. The lowest BCUT2D eigenvalue weighted by Gasteiger charge is -2.04. The Balaban J connectivity index is 2.47. The minimum Gasteiger partial charge on any atom is -0.392 e. The predicted molar refractivity (Wildman–Crippen MR) is 67.0 cm³/mol. The van der Waals surface area contributed by atoms with E-state index in [9.17, 15) is 0 Å². The van der Waals surface area contributed by atoms with E-state index in [-0.39, 0.29) is 6.61 Å². The predicted octanol–water partition coefficient (Wildman–Crippen LogP) is 2.56. The van der Waals surface area contributed by atoms with E-state index in [0.29, 0.717) is 0 Å². The summed E-state index contributed by atoms with van der Waals surface area (Å²) >= 11 is 1.62. The molecule has 0 spiro atoms. The number of rotatable bonds is 3. The Kier molecular flexibility index (Phi) is 3.22. The average Bonchev–Trinajstić information content (AvgIpc) is 2.85. The molecule has 0 saturated carbocycles. The smallest absolute Gasteiger partial charge is 0.193 e. The van der Waals surface area contributed by atoms with Crippen LogP contribution in [0.15, 0.2) is 23.7 Å². The van der Waals surface area contributed by atoms with Crippen molar-refractivity contribution in [2.24, 2.45) is 0 Å². The van der Waals surface area contributed by atoms with E-state index in [4.69, 9.17) is 5.11 Å². The summed E-state index contributed by atoms with van der Waals surface area (Å²) in [5.41, 5.74) is 3.43. The molecule has 0 radical (unpaired) electrons. The van der Waals surface area contributed by atoms with Crippen LogP contribution in [0.1, 0.15) is 17.0 Å². The Bertz CT molecular complexity index is 497. The SMILES string of the molecule is Cc1cc(C=CCO)c(C)n1-c1nccs1. The van der Waals surface area contributed by atoms with Crippen molar-refractivity contribution < 1.29 is 5.11 Å². The molecule has 0 aliphatic rings. The van der Waals surface area contributed by atoms with Crippen molar-refractivity contribution in [3.63, 3.8) is 0 Å². The van der Waals surface area contributed by atoms with Gasteiger partial charge in [-0.15, -0.1) is 11.3 Å². The van der Waals surface area contributed by atoms with E-state index in [1.54, 1.807) is 17.4 Å². The fraction of sp³-hybridized carbons (Fsp3) is 0.250. The average molecular weight is 234 g/mol. The van der Waals surface area contributed by atoms with E-state index in [0.717, 1.165) is 22.1 Å². The van der Waals surface area contributed by atoms with E-state index in [2.05, 4.69) is 29.5 Å². The summed E-state index contributed by atoms with van der Waals surface area (Å²) in [4.78, 5) is 4.31. The molecule has 0 aromatic carbocycles. The molecular weight excluding hydrogens is 220 g/mol. The summed E-state index contributed by atoms with van der Waals surface area (Å²) in [5.74, 6) is 0. The second-order valence-corrected chi connectivity index (χ2v) is 4.43. The van der Waals surface area contributed by atoms with Gasteiger partial charge in [0.15, 0.2) is 5.13 Å². The Labute approximate surface area is 98.7 Å². The second kappa shape index (κ2) is 4.63. The van der Waals surface area contributed by atoms with Gasteiger partial charge in [-0.25, -0.2) is 4.98 Å². The molecule has 4 heteroatoms. The molecule has 84 valence electrons. The monoisotopic (exact) mass is 234 g/mol. The maximum atomic E-state index is 8.77. The minimum atomic E-state index is 0.0704. The molecule has 0 amide bonds. The van der Waals surface area contributed by atoms with Crippen LogP contribution in [0.4, 0.5) is 0 Å². The van der Waals surface area contributed by atoms with Gasteiger partial charge in [0.2, 0.25) is 0 Å². The van der Waals surface area contributed by atoms with Gasteiger partial charge >= 0.3 is 0 Å². The fourth-order valence-electron chi connectivity index (χ4n) is 1.76. The molecule has 3 nitrogen and oxygen atoms in total. The summed E-state index contributed by atoms with van der Waals surface area (Å²) in [7, 11) is 0. The first-order valence-electron chi connectivity index (χ1n) is 5.10. The largest absolute Gasteiger partial charge is 0.392 e. The van der Waals surface area contributed by atoms with Crippen molar-refractivity contribution in [2.75, 3.05) is 6.61 Å². The Morgan fingerprint density at radius 2 is 2.31 bits per heavy atom. The van der Waals surface area contributed by atoms with Crippen LogP contribution in [-0.2, 0) is 0 Å². The standard InChI is InChI=1S/C12H14N2OS/c1-9-8-11(4-3-6-15)10(2)14(9)12-13-5-7-16-12/h3-5,7-8,15H,6H2,1-2H3. The first-order chi connectivity index (χ1) is 7.74. The van der Waals surface area contributed by atoms with Gasteiger partial charge in [-0.1, -0.05) is 12.2 Å². The number of aliphatic hydroxyl groups is 1. The summed E-state index contributed by atoms with van der Waals surface area (Å²) < 4.78 is 2.13. The van der Waals surface area contributed by atoms with E-state index >= 15 is 0 Å². The van der Waals surface area contributed by atoms with Crippen molar-refractivity contribution in [1.29, 1.82) is 0 Å². The minimum absolute atomic E-state index is 0.0704. The van der Waals surface area contributed by atoms with E-state index < -0.39 is 0 Å². The van der Waals surface area contributed by atoms with Crippen LogP contribution < -0.4 is 0 Å². The summed E-state index contributed by atoms with van der Waals surface area (Å²) in [5, 5.41) is 11.7. The third kappa shape index (κ3) is 1.94. The molecule has 2 rings (SSSR count).